The van der Waals surface area contributed by atoms with Crippen LogP contribution in [0.1, 0.15) is 36.4 Å². The number of rotatable bonds is 11. The van der Waals surface area contributed by atoms with Crippen LogP contribution in [0, 0.1) is 0 Å². The average Bonchev–Trinajstić information content (AvgIpc) is 2.88. The van der Waals surface area contributed by atoms with Crippen LogP contribution < -0.4 is 5.32 Å². The summed E-state index contributed by atoms with van der Waals surface area (Å²) in [4.78, 5) is 2.74. The van der Waals surface area contributed by atoms with Crippen molar-refractivity contribution in [1.29, 1.82) is 0 Å². The Hall–Kier alpha value is -0.520. The Morgan fingerprint density at radius 3 is 2.60 bits per heavy atom. The predicted molar refractivity (Wildman–Crippen MR) is 80.9 cm³/mol. The molecule has 0 aliphatic rings. The maximum absolute atomic E-state index is 12.0. The summed E-state index contributed by atoms with van der Waals surface area (Å²) in [6.45, 7) is 5.15. The molecule has 1 heterocycles. The van der Waals surface area contributed by atoms with Crippen LogP contribution in [0.4, 0.5) is 8.78 Å². The zero-order valence-electron chi connectivity index (χ0n) is 12.3. The molecule has 0 fully saturated rings. The van der Waals surface area contributed by atoms with E-state index in [0.717, 1.165) is 32.2 Å². The van der Waals surface area contributed by atoms with Crippen LogP contribution in [0.2, 0.25) is 0 Å². The van der Waals surface area contributed by atoms with E-state index < -0.39 is 13.0 Å². The van der Waals surface area contributed by atoms with E-state index in [1.807, 2.05) is 11.3 Å². The Kier molecular flexibility index (Phi) is 8.98. The smallest absolute Gasteiger partial charge is 0.261 e. The van der Waals surface area contributed by atoms with Gasteiger partial charge in [-0.05, 0) is 44.4 Å². The van der Waals surface area contributed by atoms with Gasteiger partial charge in [0.25, 0.3) is 6.43 Å². The Balaban J connectivity index is 2.38. The largest absolute Gasteiger partial charge is 0.375 e. The van der Waals surface area contributed by atoms with Gasteiger partial charge in [0.05, 0.1) is 0 Å². The summed E-state index contributed by atoms with van der Waals surface area (Å²) < 4.78 is 29.0. The number of halogens is 2. The van der Waals surface area contributed by atoms with Crippen molar-refractivity contribution in [3.05, 3.63) is 21.9 Å². The van der Waals surface area contributed by atoms with E-state index in [2.05, 4.69) is 31.3 Å². The highest BCUT2D eigenvalue weighted by atomic mass is 32.1. The first-order valence-corrected chi connectivity index (χ1v) is 8.14. The van der Waals surface area contributed by atoms with Gasteiger partial charge >= 0.3 is 0 Å². The predicted octanol–water partition coefficient (Wildman–Crippen LogP) is 3.89. The van der Waals surface area contributed by atoms with E-state index in [0.29, 0.717) is 12.6 Å². The molecular weight excluding hydrogens is 280 g/mol. The fourth-order valence-electron chi connectivity index (χ4n) is 1.99. The SMILES string of the molecule is CCCNC(CCOCC(F)F)Cc1ccc(CC)s1. The number of hydrogen-bond donors (Lipinski definition) is 1. The van der Waals surface area contributed by atoms with Gasteiger partial charge in [-0.1, -0.05) is 13.8 Å². The second kappa shape index (κ2) is 10.2. The van der Waals surface area contributed by atoms with E-state index >= 15 is 0 Å². The third kappa shape index (κ3) is 7.31. The number of nitrogens with one attached hydrogen (secondary N) is 1. The molecule has 20 heavy (non-hydrogen) atoms. The average molecular weight is 305 g/mol. The molecule has 0 radical (unpaired) electrons. The molecule has 116 valence electrons. The lowest BCUT2D eigenvalue weighted by Crippen LogP contribution is -2.33. The van der Waals surface area contributed by atoms with Gasteiger partial charge in [0.15, 0.2) is 0 Å². The minimum absolute atomic E-state index is 0.302. The molecule has 0 aliphatic heterocycles. The molecule has 1 N–H and O–H groups in total. The Morgan fingerprint density at radius 2 is 2.00 bits per heavy atom. The Labute approximate surface area is 124 Å². The lowest BCUT2D eigenvalue weighted by Gasteiger charge is -2.17. The number of thiophene rings is 1. The van der Waals surface area contributed by atoms with Gasteiger partial charge < -0.3 is 10.1 Å². The van der Waals surface area contributed by atoms with Crippen molar-refractivity contribution in [1.82, 2.24) is 5.32 Å². The van der Waals surface area contributed by atoms with Gasteiger partial charge in [-0.3, -0.25) is 0 Å². The van der Waals surface area contributed by atoms with Crippen LogP contribution in [0.3, 0.4) is 0 Å². The van der Waals surface area contributed by atoms with Crippen molar-refractivity contribution in [3.8, 4) is 0 Å². The molecular formula is C15H25F2NOS. The van der Waals surface area contributed by atoms with E-state index in [4.69, 9.17) is 4.74 Å². The number of alkyl halides is 2. The van der Waals surface area contributed by atoms with Crippen molar-refractivity contribution in [3.63, 3.8) is 0 Å². The van der Waals surface area contributed by atoms with Crippen LogP contribution in [0.15, 0.2) is 12.1 Å². The fourth-order valence-corrected chi connectivity index (χ4v) is 3.03. The minimum atomic E-state index is -2.37. The van der Waals surface area contributed by atoms with Gasteiger partial charge in [0, 0.05) is 22.4 Å². The van der Waals surface area contributed by atoms with Gasteiger partial charge in [0.2, 0.25) is 0 Å². The summed E-state index contributed by atoms with van der Waals surface area (Å²) in [6, 6.07) is 4.64. The molecule has 0 aromatic carbocycles. The van der Waals surface area contributed by atoms with Crippen LogP contribution >= 0.6 is 11.3 Å². The van der Waals surface area contributed by atoms with E-state index in [1.54, 1.807) is 0 Å². The fraction of sp³-hybridized carbons (Fsp3) is 0.733. The summed E-state index contributed by atoms with van der Waals surface area (Å²) >= 11 is 1.84. The highest BCUT2D eigenvalue weighted by Crippen LogP contribution is 2.19. The molecule has 0 saturated heterocycles. The van der Waals surface area contributed by atoms with Crippen molar-refractivity contribution in [2.45, 2.75) is 52.0 Å². The topological polar surface area (TPSA) is 21.3 Å². The van der Waals surface area contributed by atoms with Crippen molar-refractivity contribution < 1.29 is 13.5 Å². The Bertz CT molecular complexity index is 357. The maximum Gasteiger partial charge on any atom is 0.261 e. The maximum atomic E-state index is 12.0. The quantitative estimate of drug-likeness (QED) is 0.626. The monoisotopic (exact) mass is 305 g/mol. The van der Waals surface area contributed by atoms with Crippen molar-refractivity contribution in [2.75, 3.05) is 19.8 Å². The van der Waals surface area contributed by atoms with Crippen LogP contribution in [0.5, 0.6) is 0 Å². The van der Waals surface area contributed by atoms with Crippen molar-refractivity contribution >= 4 is 11.3 Å². The van der Waals surface area contributed by atoms with Gasteiger partial charge in [-0.15, -0.1) is 11.3 Å². The standard InChI is InChI=1S/C15H25F2NOS/c1-3-8-18-12(7-9-19-11-15(16)17)10-14-6-5-13(4-2)20-14/h5-6,12,15,18H,3-4,7-11H2,1-2H3. The van der Waals surface area contributed by atoms with Gasteiger partial charge in [-0.2, -0.15) is 0 Å². The summed E-state index contributed by atoms with van der Waals surface area (Å²) in [5.74, 6) is 0. The summed E-state index contributed by atoms with van der Waals surface area (Å²) in [5, 5.41) is 3.47. The molecule has 5 heteroatoms. The van der Waals surface area contributed by atoms with E-state index in [9.17, 15) is 8.78 Å². The molecule has 1 atom stereocenters. The molecule has 1 aromatic heterocycles. The summed E-state index contributed by atoms with van der Waals surface area (Å²) in [5.41, 5.74) is 0. The highest BCUT2D eigenvalue weighted by Gasteiger charge is 2.11. The highest BCUT2D eigenvalue weighted by molar-refractivity contribution is 7.11. The summed E-state index contributed by atoms with van der Waals surface area (Å²) in [6.07, 6.45) is 1.48. The molecule has 1 unspecified atom stereocenters. The van der Waals surface area contributed by atoms with E-state index in [-0.39, 0.29) is 0 Å². The molecule has 0 amide bonds. The first-order chi connectivity index (χ1) is 9.65. The first kappa shape index (κ1) is 17.5. The zero-order valence-corrected chi connectivity index (χ0v) is 13.1. The number of hydrogen-bond acceptors (Lipinski definition) is 3. The summed E-state index contributed by atoms with van der Waals surface area (Å²) in [7, 11) is 0. The molecule has 1 aromatic rings. The second-order valence-corrected chi connectivity index (χ2v) is 6.08. The number of ether oxygens (including phenoxy) is 1. The lowest BCUT2D eigenvalue weighted by molar-refractivity contribution is 0.0144. The van der Waals surface area contributed by atoms with Gasteiger partial charge in [0.1, 0.15) is 6.61 Å². The minimum Gasteiger partial charge on any atom is -0.375 e. The molecule has 2 nitrogen and oxygen atoms in total. The Morgan fingerprint density at radius 1 is 1.25 bits per heavy atom. The third-order valence-corrected chi connectivity index (χ3v) is 4.30. The van der Waals surface area contributed by atoms with Crippen molar-refractivity contribution in [2.24, 2.45) is 0 Å². The van der Waals surface area contributed by atoms with Crippen LogP contribution in [-0.4, -0.2) is 32.2 Å². The van der Waals surface area contributed by atoms with Crippen LogP contribution in [0.25, 0.3) is 0 Å². The van der Waals surface area contributed by atoms with E-state index in [1.165, 1.54) is 9.75 Å². The number of aryl methyl sites for hydroxylation is 1. The molecule has 0 spiro atoms. The molecule has 1 rings (SSSR count). The third-order valence-electron chi connectivity index (χ3n) is 3.05. The zero-order chi connectivity index (χ0) is 14.8. The second-order valence-electron chi connectivity index (χ2n) is 4.83. The first-order valence-electron chi connectivity index (χ1n) is 7.32. The van der Waals surface area contributed by atoms with Gasteiger partial charge in [-0.25, -0.2) is 8.78 Å². The van der Waals surface area contributed by atoms with Crippen LogP contribution in [-0.2, 0) is 17.6 Å². The lowest BCUT2D eigenvalue weighted by atomic mass is 10.1. The molecule has 0 bridgehead atoms. The molecule has 0 aliphatic carbocycles. The normalized spacial score (nSPS) is 13.1. The molecule has 0 saturated carbocycles.